The van der Waals surface area contributed by atoms with Crippen LogP contribution in [0.1, 0.15) is 10.5 Å². The van der Waals surface area contributed by atoms with Crippen molar-refractivity contribution in [3.8, 4) is 0 Å². The standard InChI is InChI=1S/C19H19N5O/c25-19(23-16-5-1-3-14-4-2-7-22-18(14)16)17-13-15(6-8-21-17)24-11-9-20-10-12-24/h1-8,13,20H,9-12H2,(H,23,25). The predicted molar refractivity (Wildman–Crippen MR) is 99.0 cm³/mol. The number of benzene rings is 1. The zero-order valence-electron chi connectivity index (χ0n) is 13.8. The van der Waals surface area contributed by atoms with Crippen LogP contribution in [-0.2, 0) is 0 Å². The highest BCUT2D eigenvalue weighted by Crippen LogP contribution is 2.22. The van der Waals surface area contributed by atoms with Crippen LogP contribution in [0.5, 0.6) is 0 Å². The van der Waals surface area contributed by atoms with Gasteiger partial charge >= 0.3 is 0 Å². The summed E-state index contributed by atoms with van der Waals surface area (Å²) in [6.07, 6.45) is 3.41. The minimum atomic E-state index is -0.227. The molecule has 3 aromatic rings. The highest BCUT2D eigenvalue weighted by Gasteiger charge is 2.15. The highest BCUT2D eigenvalue weighted by molar-refractivity contribution is 6.07. The smallest absolute Gasteiger partial charge is 0.274 e. The summed E-state index contributed by atoms with van der Waals surface area (Å²) in [6.45, 7) is 3.76. The molecule has 0 spiro atoms. The molecule has 1 aromatic carbocycles. The number of piperazine rings is 1. The predicted octanol–water partition coefficient (Wildman–Crippen LogP) is 2.29. The van der Waals surface area contributed by atoms with Crippen molar-refractivity contribution in [2.75, 3.05) is 36.4 Å². The molecule has 0 atom stereocenters. The number of para-hydroxylation sites is 1. The van der Waals surface area contributed by atoms with E-state index in [0.29, 0.717) is 11.4 Å². The first-order valence-electron chi connectivity index (χ1n) is 8.38. The molecule has 6 nitrogen and oxygen atoms in total. The maximum Gasteiger partial charge on any atom is 0.274 e. The summed E-state index contributed by atoms with van der Waals surface area (Å²) < 4.78 is 0. The monoisotopic (exact) mass is 333 g/mol. The largest absolute Gasteiger partial charge is 0.369 e. The van der Waals surface area contributed by atoms with Gasteiger partial charge in [-0.1, -0.05) is 18.2 Å². The lowest BCUT2D eigenvalue weighted by atomic mass is 10.2. The fourth-order valence-corrected chi connectivity index (χ4v) is 3.05. The lowest BCUT2D eigenvalue weighted by molar-refractivity contribution is 0.102. The number of carbonyl (C=O) groups is 1. The van der Waals surface area contributed by atoms with Crippen molar-refractivity contribution >= 4 is 28.2 Å². The minimum absolute atomic E-state index is 0.227. The Morgan fingerprint density at radius 2 is 1.88 bits per heavy atom. The van der Waals surface area contributed by atoms with Crippen LogP contribution in [0.2, 0.25) is 0 Å². The van der Waals surface area contributed by atoms with Crippen molar-refractivity contribution in [1.29, 1.82) is 0 Å². The zero-order valence-corrected chi connectivity index (χ0v) is 13.8. The first-order chi connectivity index (χ1) is 12.3. The Balaban J connectivity index is 1.58. The molecule has 0 aliphatic carbocycles. The number of aromatic nitrogens is 2. The van der Waals surface area contributed by atoms with E-state index in [9.17, 15) is 4.79 Å². The Morgan fingerprint density at radius 1 is 1.04 bits per heavy atom. The van der Waals surface area contributed by atoms with Crippen molar-refractivity contribution < 1.29 is 4.79 Å². The molecule has 1 saturated heterocycles. The van der Waals surface area contributed by atoms with E-state index >= 15 is 0 Å². The summed E-state index contributed by atoms with van der Waals surface area (Å²) in [4.78, 5) is 23.5. The molecule has 126 valence electrons. The average molecular weight is 333 g/mol. The van der Waals surface area contributed by atoms with Gasteiger partial charge in [-0.25, -0.2) is 0 Å². The number of fused-ring (bicyclic) bond motifs is 1. The molecule has 3 heterocycles. The number of hydrogen-bond acceptors (Lipinski definition) is 5. The second-order valence-corrected chi connectivity index (χ2v) is 5.97. The summed E-state index contributed by atoms with van der Waals surface area (Å²) in [5.74, 6) is -0.227. The number of amides is 1. The first kappa shape index (κ1) is 15.5. The third kappa shape index (κ3) is 3.29. The first-order valence-corrected chi connectivity index (χ1v) is 8.38. The number of nitrogens with one attached hydrogen (secondary N) is 2. The van der Waals surface area contributed by atoms with Crippen LogP contribution in [0.4, 0.5) is 11.4 Å². The van der Waals surface area contributed by atoms with E-state index < -0.39 is 0 Å². The Hall–Kier alpha value is -2.99. The van der Waals surface area contributed by atoms with Gasteiger partial charge in [0.25, 0.3) is 5.91 Å². The van der Waals surface area contributed by atoms with E-state index in [0.717, 1.165) is 42.8 Å². The van der Waals surface area contributed by atoms with Gasteiger partial charge in [-0.05, 0) is 24.3 Å². The number of nitrogens with zero attached hydrogens (tertiary/aromatic N) is 3. The molecule has 25 heavy (non-hydrogen) atoms. The summed E-state index contributed by atoms with van der Waals surface area (Å²) in [6, 6.07) is 13.4. The number of anilines is 2. The van der Waals surface area contributed by atoms with E-state index in [-0.39, 0.29) is 5.91 Å². The number of carbonyl (C=O) groups excluding carboxylic acids is 1. The highest BCUT2D eigenvalue weighted by atomic mass is 16.1. The van der Waals surface area contributed by atoms with Crippen LogP contribution >= 0.6 is 0 Å². The summed E-state index contributed by atoms with van der Waals surface area (Å²) >= 11 is 0. The Bertz CT molecular complexity index is 900. The van der Waals surface area contributed by atoms with Crippen LogP contribution < -0.4 is 15.5 Å². The van der Waals surface area contributed by atoms with Crippen LogP contribution in [-0.4, -0.2) is 42.1 Å². The lowest BCUT2D eigenvalue weighted by Gasteiger charge is -2.29. The second kappa shape index (κ2) is 6.86. The number of pyridine rings is 2. The van der Waals surface area contributed by atoms with Gasteiger partial charge in [-0.3, -0.25) is 14.8 Å². The van der Waals surface area contributed by atoms with Gasteiger partial charge < -0.3 is 15.5 Å². The Morgan fingerprint density at radius 3 is 2.76 bits per heavy atom. The Labute approximate surface area is 145 Å². The van der Waals surface area contributed by atoms with Gasteiger partial charge in [-0.15, -0.1) is 0 Å². The van der Waals surface area contributed by atoms with Crippen LogP contribution in [0.25, 0.3) is 10.9 Å². The minimum Gasteiger partial charge on any atom is -0.369 e. The molecule has 2 aromatic heterocycles. The van der Waals surface area contributed by atoms with Gasteiger partial charge in [0.2, 0.25) is 0 Å². The molecule has 0 unspecified atom stereocenters. The molecule has 0 saturated carbocycles. The molecule has 1 aliphatic heterocycles. The zero-order chi connectivity index (χ0) is 17.1. The van der Waals surface area contributed by atoms with E-state index in [1.807, 2.05) is 42.5 Å². The SMILES string of the molecule is O=C(Nc1cccc2cccnc12)c1cc(N2CCNCC2)ccn1. The van der Waals surface area contributed by atoms with Crippen LogP contribution in [0.3, 0.4) is 0 Å². The van der Waals surface area contributed by atoms with E-state index in [2.05, 4.69) is 25.5 Å². The normalized spacial score (nSPS) is 14.5. The van der Waals surface area contributed by atoms with Crippen molar-refractivity contribution in [3.05, 3.63) is 60.6 Å². The average Bonchev–Trinajstić information content (AvgIpc) is 2.69. The molecule has 6 heteroatoms. The van der Waals surface area contributed by atoms with Crippen molar-refractivity contribution in [1.82, 2.24) is 15.3 Å². The topological polar surface area (TPSA) is 70.2 Å². The van der Waals surface area contributed by atoms with Gasteiger partial charge in [-0.2, -0.15) is 0 Å². The summed E-state index contributed by atoms with van der Waals surface area (Å²) in [7, 11) is 0. The number of rotatable bonds is 3. The molecular formula is C19H19N5O. The molecule has 0 bridgehead atoms. The Kier molecular flexibility index (Phi) is 4.26. The van der Waals surface area contributed by atoms with Crippen LogP contribution in [0, 0.1) is 0 Å². The fraction of sp³-hybridized carbons (Fsp3) is 0.211. The van der Waals surface area contributed by atoms with E-state index in [1.165, 1.54) is 0 Å². The quantitative estimate of drug-likeness (QED) is 0.770. The van der Waals surface area contributed by atoms with Crippen molar-refractivity contribution in [2.45, 2.75) is 0 Å². The lowest BCUT2D eigenvalue weighted by Crippen LogP contribution is -2.43. The number of hydrogen-bond donors (Lipinski definition) is 2. The third-order valence-electron chi connectivity index (χ3n) is 4.34. The van der Waals surface area contributed by atoms with Crippen LogP contribution in [0.15, 0.2) is 54.9 Å². The molecule has 0 radical (unpaired) electrons. The van der Waals surface area contributed by atoms with Gasteiger partial charge in [0.05, 0.1) is 11.2 Å². The maximum absolute atomic E-state index is 12.7. The van der Waals surface area contributed by atoms with Crippen molar-refractivity contribution in [2.24, 2.45) is 0 Å². The summed E-state index contributed by atoms with van der Waals surface area (Å²) in [5, 5.41) is 7.25. The maximum atomic E-state index is 12.7. The van der Waals surface area contributed by atoms with Gasteiger partial charge in [0, 0.05) is 49.6 Å². The molecule has 1 aliphatic rings. The van der Waals surface area contributed by atoms with E-state index in [4.69, 9.17) is 0 Å². The van der Waals surface area contributed by atoms with Gasteiger partial charge in [0.1, 0.15) is 5.69 Å². The second-order valence-electron chi connectivity index (χ2n) is 5.97. The summed E-state index contributed by atoms with van der Waals surface area (Å²) in [5.41, 5.74) is 2.90. The fourth-order valence-electron chi connectivity index (χ4n) is 3.05. The van der Waals surface area contributed by atoms with E-state index in [1.54, 1.807) is 12.4 Å². The third-order valence-corrected chi connectivity index (χ3v) is 4.34. The molecular weight excluding hydrogens is 314 g/mol. The molecule has 1 amide bonds. The molecule has 2 N–H and O–H groups in total. The molecule has 1 fully saturated rings. The molecule has 4 rings (SSSR count). The van der Waals surface area contributed by atoms with Gasteiger partial charge in [0.15, 0.2) is 0 Å². The van der Waals surface area contributed by atoms with Crippen molar-refractivity contribution in [3.63, 3.8) is 0 Å².